The fourth-order valence-corrected chi connectivity index (χ4v) is 6.47. The monoisotopic (exact) mass is 705 g/mol. The number of nitrogens with two attached hydrogens (primary N) is 1. The number of thiophene rings is 1. The number of anilines is 1. The van der Waals surface area contributed by atoms with Crippen LogP contribution in [0.1, 0.15) is 27.9 Å². The average Bonchev–Trinajstić information content (AvgIpc) is 3.51. The molecule has 2 aliphatic heterocycles. The first-order valence-corrected chi connectivity index (χ1v) is 14.5. The largest absolute Gasteiger partial charge is 0.490 e. The highest BCUT2D eigenvalue weighted by Crippen LogP contribution is 2.45. The minimum Gasteiger partial charge on any atom is -0.475 e. The van der Waals surface area contributed by atoms with Gasteiger partial charge in [-0.15, -0.1) is 11.3 Å². The van der Waals surface area contributed by atoms with Crippen molar-refractivity contribution >= 4 is 55.2 Å². The van der Waals surface area contributed by atoms with E-state index in [1.165, 1.54) is 18.2 Å². The fraction of sp³-hybridized carbons (Fsp3) is 0.310. The van der Waals surface area contributed by atoms with Crippen molar-refractivity contribution in [3.05, 3.63) is 52.7 Å². The van der Waals surface area contributed by atoms with Crippen LogP contribution in [0.5, 0.6) is 0 Å². The van der Waals surface area contributed by atoms with Gasteiger partial charge in [0.1, 0.15) is 22.7 Å². The summed E-state index contributed by atoms with van der Waals surface area (Å²) in [4.78, 5) is 33.2. The second-order valence-corrected chi connectivity index (χ2v) is 11.6. The summed E-state index contributed by atoms with van der Waals surface area (Å²) in [6.07, 6.45) is -7.43. The first-order chi connectivity index (χ1) is 22.3. The molecule has 256 valence electrons. The molecule has 48 heavy (non-hydrogen) atoms. The Bertz CT molecular complexity index is 1960. The number of nitrogens with zero attached hydrogens (tertiary/aromatic N) is 3. The lowest BCUT2D eigenvalue weighted by molar-refractivity contribution is -0.193. The van der Waals surface area contributed by atoms with Crippen molar-refractivity contribution < 1.29 is 59.7 Å². The predicted molar refractivity (Wildman–Crippen MR) is 156 cm³/mol. The number of carboxylic acids is 2. The van der Waals surface area contributed by atoms with Gasteiger partial charge in [-0.1, -0.05) is 6.07 Å². The van der Waals surface area contributed by atoms with Gasteiger partial charge in [0.15, 0.2) is 0 Å². The smallest absolute Gasteiger partial charge is 0.475 e. The van der Waals surface area contributed by atoms with E-state index in [0.717, 1.165) is 29.9 Å². The lowest BCUT2D eigenvalue weighted by Crippen LogP contribution is -2.54. The van der Waals surface area contributed by atoms with E-state index in [9.17, 15) is 40.8 Å². The van der Waals surface area contributed by atoms with Gasteiger partial charge in [-0.3, -0.25) is 4.79 Å². The summed E-state index contributed by atoms with van der Waals surface area (Å²) in [7, 11) is 0. The number of fused-ring (bicyclic) bond motifs is 2. The van der Waals surface area contributed by atoms with E-state index in [4.69, 9.17) is 25.5 Å². The van der Waals surface area contributed by atoms with Crippen LogP contribution in [-0.4, -0.2) is 75.6 Å². The number of hydrogen-bond donors (Lipinski definition) is 4. The van der Waals surface area contributed by atoms with Crippen LogP contribution in [0.4, 0.5) is 40.1 Å². The molecule has 5 N–H and O–H groups in total. The summed E-state index contributed by atoms with van der Waals surface area (Å²) >= 11 is 0.983. The normalized spacial score (nSPS) is 16.1. The maximum absolute atomic E-state index is 16.0. The highest BCUT2D eigenvalue weighted by molar-refractivity contribution is 7.23. The zero-order chi connectivity index (χ0) is 35.9. The summed E-state index contributed by atoms with van der Waals surface area (Å²) in [5, 5.41) is 28.4. The van der Waals surface area contributed by atoms with Gasteiger partial charge in [-0.25, -0.2) is 18.4 Å². The molecule has 0 spiro atoms. The molecule has 0 unspecified atom stereocenters. The number of alkyl halides is 6. The number of amides is 1. The third-order valence-corrected chi connectivity index (χ3v) is 8.54. The van der Waals surface area contributed by atoms with Gasteiger partial charge in [0.25, 0.3) is 5.91 Å². The molecule has 6 rings (SSSR count). The molecule has 0 saturated carbocycles. The maximum atomic E-state index is 16.0. The molecule has 2 aromatic carbocycles. The average molecular weight is 706 g/mol. The second-order valence-electron chi connectivity index (χ2n) is 10.5. The molecule has 19 heteroatoms. The Balaban J connectivity index is 0.000000314. The maximum Gasteiger partial charge on any atom is 0.490 e. The van der Waals surface area contributed by atoms with Crippen LogP contribution in [0, 0.1) is 29.9 Å². The van der Waals surface area contributed by atoms with Crippen molar-refractivity contribution in [1.82, 2.24) is 14.8 Å². The van der Waals surface area contributed by atoms with Crippen LogP contribution >= 0.6 is 11.3 Å². The van der Waals surface area contributed by atoms with Crippen molar-refractivity contribution in [1.29, 1.82) is 5.26 Å². The SMILES string of the molecule is Cc1cn2c3c(cc(F)c(-c4ccc(F)c5sc(N)c(C#N)c45)c13)C(=O)N1CCNC[C@@H]1CC2.O=C(O)C(F)(F)F.O=C(O)C(F)(F)F. The van der Waals surface area contributed by atoms with Crippen molar-refractivity contribution in [3.8, 4) is 17.2 Å². The van der Waals surface area contributed by atoms with Crippen LogP contribution in [0.3, 0.4) is 0 Å². The van der Waals surface area contributed by atoms with Gasteiger partial charge in [-0.2, -0.15) is 31.6 Å². The summed E-state index contributed by atoms with van der Waals surface area (Å²) in [5.41, 5.74) is 8.65. The number of aromatic nitrogens is 1. The van der Waals surface area contributed by atoms with E-state index < -0.39 is 35.9 Å². The standard InChI is InChI=1S/C25H21F2N5OS.2C2HF3O2/c1-12-11-31-6-4-13-10-30-5-7-32(13)25(33)15-8-18(27)21(19(12)22(15)31)14-2-3-17(26)23-20(14)16(9-28)24(29)34-23;2*3-2(4,5)1(6)7/h2-3,8,11,13,30H,4-7,10,29H2,1H3;2*(H,6,7)/t13-;;/m0../s1. The van der Waals surface area contributed by atoms with Crippen molar-refractivity contribution in [2.45, 2.75) is 38.3 Å². The third-order valence-electron chi connectivity index (χ3n) is 7.51. The van der Waals surface area contributed by atoms with E-state index >= 15 is 4.39 Å². The van der Waals surface area contributed by atoms with Crippen molar-refractivity contribution in [3.63, 3.8) is 0 Å². The minimum atomic E-state index is -5.08. The topological polar surface area (TPSA) is 162 Å². The third kappa shape index (κ3) is 6.85. The number of benzene rings is 2. The Labute approximate surface area is 268 Å². The zero-order valence-corrected chi connectivity index (χ0v) is 25.2. The molecule has 1 fully saturated rings. The van der Waals surface area contributed by atoms with Crippen molar-refractivity contribution in [2.75, 3.05) is 25.4 Å². The number of nitriles is 1. The minimum absolute atomic E-state index is 0.0542. The molecule has 1 amide bonds. The van der Waals surface area contributed by atoms with E-state index in [2.05, 4.69) is 11.4 Å². The molecule has 10 nitrogen and oxygen atoms in total. The summed E-state index contributed by atoms with van der Waals surface area (Å²) in [5.74, 6) is -6.78. The lowest BCUT2D eigenvalue weighted by Gasteiger charge is -2.38. The molecule has 2 aliphatic rings. The van der Waals surface area contributed by atoms with E-state index in [-0.39, 0.29) is 32.8 Å². The molecule has 0 aliphatic carbocycles. The van der Waals surface area contributed by atoms with Crippen LogP contribution in [0.25, 0.3) is 32.1 Å². The Morgan fingerprint density at radius 2 is 1.62 bits per heavy atom. The van der Waals surface area contributed by atoms with Gasteiger partial charge >= 0.3 is 24.3 Å². The number of carboxylic acid groups (broad SMARTS) is 2. The van der Waals surface area contributed by atoms with Gasteiger partial charge in [0.2, 0.25) is 0 Å². The Morgan fingerprint density at radius 3 is 2.19 bits per heavy atom. The molecule has 4 heterocycles. The number of halogens is 8. The summed E-state index contributed by atoms with van der Waals surface area (Å²) in [6.45, 7) is 4.57. The van der Waals surface area contributed by atoms with Gasteiger partial charge < -0.3 is 30.7 Å². The first-order valence-electron chi connectivity index (χ1n) is 13.6. The highest BCUT2D eigenvalue weighted by Gasteiger charge is 2.39. The highest BCUT2D eigenvalue weighted by atomic mass is 32.1. The molecular weight excluding hydrogens is 682 g/mol. The van der Waals surface area contributed by atoms with Crippen LogP contribution in [0.15, 0.2) is 24.4 Å². The number of piperazine rings is 1. The number of nitrogens with one attached hydrogen (secondary N) is 1. The predicted octanol–water partition coefficient (Wildman–Crippen LogP) is 5.65. The number of hydrogen-bond acceptors (Lipinski definition) is 7. The van der Waals surface area contributed by atoms with Crippen LogP contribution in [0.2, 0.25) is 0 Å². The molecule has 1 saturated heterocycles. The first kappa shape index (κ1) is 35.9. The quantitative estimate of drug-likeness (QED) is 0.185. The van der Waals surface area contributed by atoms with E-state index in [0.29, 0.717) is 47.1 Å². The van der Waals surface area contributed by atoms with Gasteiger partial charge in [-0.05, 0) is 36.6 Å². The summed E-state index contributed by atoms with van der Waals surface area (Å²) in [6, 6.07) is 6.19. The lowest BCUT2D eigenvalue weighted by atomic mass is 9.92. The number of carbonyl (C=O) groups excluding carboxylic acids is 1. The van der Waals surface area contributed by atoms with E-state index in [1.807, 2.05) is 22.6 Å². The van der Waals surface area contributed by atoms with Gasteiger partial charge in [0.05, 0.1) is 21.3 Å². The summed E-state index contributed by atoms with van der Waals surface area (Å²) < 4.78 is 96.3. The number of rotatable bonds is 1. The second kappa shape index (κ2) is 13.3. The molecule has 1 atom stereocenters. The number of aliphatic carboxylic acids is 2. The Hall–Kier alpha value is -4.96. The zero-order valence-electron chi connectivity index (χ0n) is 24.4. The van der Waals surface area contributed by atoms with Gasteiger partial charge in [0, 0.05) is 54.8 Å². The van der Waals surface area contributed by atoms with Crippen LogP contribution in [-0.2, 0) is 16.1 Å². The van der Waals surface area contributed by atoms with Crippen molar-refractivity contribution in [2.24, 2.45) is 0 Å². The molecule has 4 aromatic rings. The number of carbonyl (C=O) groups is 3. The Kier molecular flexibility index (Phi) is 9.92. The van der Waals surface area contributed by atoms with E-state index in [1.54, 1.807) is 0 Å². The number of nitrogen functional groups attached to an aromatic ring is 1. The molecule has 0 bridgehead atoms. The Morgan fingerprint density at radius 1 is 1.02 bits per heavy atom. The fourth-order valence-electron chi connectivity index (χ4n) is 5.53. The number of aryl methyl sites for hydroxylation is 2. The molecule has 2 aromatic heterocycles. The molecule has 0 radical (unpaired) electrons. The molecular formula is C29H23F8N5O5S. The van der Waals surface area contributed by atoms with Crippen LogP contribution < -0.4 is 11.1 Å².